The van der Waals surface area contributed by atoms with E-state index in [-0.39, 0.29) is 0 Å². The maximum absolute atomic E-state index is 6.04. The lowest BCUT2D eigenvalue weighted by Crippen LogP contribution is -2.13. The Balaban J connectivity index is 2.55. The molecule has 2 rings (SSSR count). The standard InChI is InChI=1S/C12H16BrN3S/c1-3-9(7-17-2)16-11-5-4-8(13)6-10(11)15-12(16)14/h4-6,9H,3,7H2,1-2H3,(H2,14,15). The fraction of sp³-hybridized carbons (Fsp3) is 0.417. The Labute approximate surface area is 114 Å². The molecule has 2 N–H and O–H groups in total. The summed E-state index contributed by atoms with van der Waals surface area (Å²) in [5.41, 5.74) is 8.11. The fourth-order valence-corrected chi connectivity index (χ4v) is 3.16. The molecule has 1 heterocycles. The summed E-state index contributed by atoms with van der Waals surface area (Å²) in [6.45, 7) is 2.19. The van der Waals surface area contributed by atoms with Crippen LogP contribution in [0.2, 0.25) is 0 Å². The van der Waals surface area contributed by atoms with Gasteiger partial charge in [-0.2, -0.15) is 11.8 Å². The van der Waals surface area contributed by atoms with Crippen LogP contribution in [0.5, 0.6) is 0 Å². The van der Waals surface area contributed by atoms with Crippen LogP contribution in [0.3, 0.4) is 0 Å². The quantitative estimate of drug-likeness (QED) is 0.936. The Morgan fingerprint density at radius 1 is 1.53 bits per heavy atom. The van der Waals surface area contributed by atoms with Crippen molar-refractivity contribution in [3.05, 3.63) is 22.7 Å². The second kappa shape index (κ2) is 5.31. The zero-order valence-electron chi connectivity index (χ0n) is 9.98. The Morgan fingerprint density at radius 2 is 2.29 bits per heavy atom. The number of imidazole rings is 1. The van der Waals surface area contributed by atoms with E-state index in [9.17, 15) is 0 Å². The number of aromatic nitrogens is 2. The zero-order valence-corrected chi connectivity index (χ0v) is 12.4. The van der Waals surface area contributed by atoms with Gasteiger partial charge in [0.2, 0.25) is 5.95 Å². The summed E-state index contributed by atoms with van der Waals surface area (Å²) < 4.78 is 3.19. The van der Waals surface area contributed by atoms with Crippen molar-refractivity contribution < 1.29 is 0 Å². The van der Waals surface area contributed by atoms with E-state index in [0.717, 1.165) is 27.7 Å². The molecule has 0 spiro atoms. The summed E-state index contributed by atoms with van der Waals surface area (Å²) in [5, 5.41) is 0. The first-order chi connectivity index (χ1) is 8.17. The van der Waals surface area contributed by atoms with Crippen molar-refractivity contribution in [1.29, 1.82) is 0 Å². The van der Waals surface area contributed by atoms with Gasteiger partial charge >= 0.3 is 0 Å². The highest BCUT2D eigenvalue weighted by Crippen LogP contribution is 2.28. The summed E-state index contributed by atoms with van der Waals surface area (Å²) in [7, 11) is 0. The molecule has 0 amide bonds. The summed E-state index contributed by atoms with van der Waals surface area (Å²) in [4.78, 5) is 4.43. The highest BCUT2D eigenvalue weighted by Gasteiger charge is 2.15. The molecule has 2 aromatic rings. The molecule has 0 radical (unpaired) electrons. The highest BCUT2D eigenvalue weighted by molar-refractivity contribution is 9.10. The topological polar surface area (TPSA) is 43.8 Å². The van der Waals surface area contributed by atoms with Crippen LogP contribution in [0.25, 0.3) is 11.0 Å². The number of hydrogen-bond donors (Lipinski definition) is 1. The number of thioether (sulfide) groups is 1. The number of nitrogens with zero attached hydrogens (tertiary/aromatic N) is 2. The number of nitrogen functional groups attached to an aromatic ring is 1. The molecule has 1 aromatic carbocycles. The number of anilines is 1. The van der Waals surface area contributed by atoms with Gasteiger partial charge in [0.25, 0.3) is 0 Å². The first kappa shape index (κ1) is 12.8. The molecular formula is C12H16BrN3S. The van der Waals surface area contributed by atoms with Gasteiger partial charge in [-0.3, -0.25) is 0 Å². The van der Waals surface area contributed by atoms with Crippen LogP contribution in [0.15, 0.2) is 22.7 Å². The third-order valence-electron chi connectivity index (χ3n) is 2.87. The van der Waals surface area contributed by atoms with E-state index in [0.29, 0.717) is 12.0 Å². The van der Waals surface area contributed by atoms with Crippen molar-refractivity contribution in [1.82, 2.24) is 9.55 Å². The smallest absolute Gasteiger partial charge is 0.201 e. The molecule has 1 atom stereocenters. The molecule has 5 heteroatoms. The number of nitrogens with two attached hydrogens (primary N) is 1. The van der Waals surface area contributed by atoms with Gasteiger partial charge in [0.15, 0.2) is 0 Å². The maximum atomic E-state index is 6.04. The molecule has 3 nitrogen and oxygen atoms in total. The van der Waals surface area contributed by atoms with Crippen LogP contribution < -0.4 is 5.73 Å². The summed E-state index contributed by atoms with van der Waals surface area (Å²) >= 11 is 5.30. The molecule has 0 saturated carbocycles. The molecule has 0 saturated heterocycles. The summed E-state index contributed by atoms with van der Waals surface area (Å²) in [5.74, 6) is 1.67. The van der Waals surface area contributed by atoms with Crippen molar-refractivity contribution >= 4 is 44.7 Å². The third-order valence-corrected chi connectivity index (χ3v) is 4.09. The van der Waals surface area contributed by atoms with Gasteiger partial charge in [-0.15, -0.1) is 0 Å². The first-order valence-electron chi connectivity index (χ1n) is 5.59. The monoisotopic (exact) mass is 313 g/mol. The van der Waals surface area contributed by atoms with E-state index in [1.165, 1.54) is 0 Å². The van der Waals surface area contributed by atoms with E-state index in [2.05, 4.69) is 44.7 Å². The number of hydrogen-bond acceptors (Lipinski definition) is 3. The number of benzene rings is 1. The predicted molar refractivity (Wildman–Crippen MR) is 79.6 cm³/mol. The molecule has 1 unspecified atom stereocenters. The normalized spacial score (nSPS) is 13.1. The molecule has 0 aliphatic carbocycles. The van der Waals surface area contributed by atoms with Crippen molar-refractivity contribution in [3.8, 4) is 0 Å². The minimum atomic E-state index is 0.413. The molecule has 17 heavy (non-hydrogen) atoms. The van der Waals surface area contributed by atoms with Crippen LogP contribution in [0, 0.1) is 0 Å². The molecule has 0 aliphatic heterocycles. The number of fused-ring (bicyclic) bond motifs is 1. The van der Waals surface area contributed by atoms with E-state index in [1.807, 2.05) is 23.9 Å². The van der Waals surface area contributed by atoms with Crippen LogP contribution in [0.4, 0.5) is 5.95 Å². The Morgan fingerprint density at radius 3 is 2.94 bits per heavy atom. The van der Waals surface area contributed by atoms with E-state index < -0.39 is 0 Å². The van der Waals surface area contributed by atoms with E-state index in [1.54, 1.807) is 0 Å². The van der Waals surface area contributed by atoms with Gasteiger partial charge < -0.3 is 10.3 Å². The maximum Gasteiger partial charge on any atom is 0.201 e. The van der Waals surface area contributed by atoms with Crippen molar-refractivity contribution in [2.24, 2.45) is 0 Å². The molecule has 1 aromatic heterocycles. The van der Waals surface area contributed by atoms with Gasteiger partial charge in [-0.05, 0) is 30.9 Å². The number of rotatable bonds is 4. The van der Waals surface area contributed by atoms with Crippen molar-refractivity contribution in [3.63, 3.8) is 0 Å². The lowest BCUT2D eigenvalue weighted by molar-refractivity contribution is 0.561. The Kier molecular flexibility index (Phi) is 3.99. The third kappa shape index (κ3) is 2.45. The highest BCUT2D eigenvalue weighted by atomic mass is 79.9. The summed E-state index contributed by atoms with van der Waals surface area (Å²) in [6, 6.07) is 6.53. The minimum absolute atomic E-state index is 0.413. The van der Waals surface area contributed by atoms with Crippen LogP contribution in [-0.2, 0) is 0 Å². The zero-order chi connectivity index (χ0) is 12.4. The lowest BCUT2D eigenvalue weighted by Gasteiger charge is -2.17. The van der Waals surface area contributed by atoms with Gasteiger partial charge in [0, 0.05) is 16.3 Å². The molecule has 0 bridgehead atoms. The number of halogens is 1. The van der Waals surface area contributed by atoms with Crippen LogP contribution >= 0.6 is 27.7 Å². The van der Waals surface area contributed by atoms with Gasteiger partial charge in [-0.25, -0.2) is 4.98 Å². The summed E-state index contributed by atoms with van der Waals surface area (Å²) in [6.07, 6.45) is 3.18. The Bertz CT molecular complexity index is 524. The van der Waals surface area contributed by atoms with Gasteiger partial charge in [-0.1, -0.05) is 22.9 Å². The molecular weight excluding hydrogens is 298 g/mol. The van der Waals surface area contributed by atoms with Crippen LogP contribution in [-0.4, -0.2) is 21.6 Å². The first-order valence-corrected chi connectivity index (χ1v) is 7.78. The van der Waals surface area contributed by atoms with E-state index in [4.69, 9.17) is 5.73 Å². The largest absolute Gasteiger partial charge is 0.369 e. The van der Waals surface area contributed by atoms with E-state index >= 15 is 0 Å². The second-order valence-electron chi connectivity index (χ2n) is 3.99. The Hall–Kier alpha value is -0.680. The minimum Gasteiger partial charge on any atom is -0.369 e. The second-order valence-corrected chi connectivity index (χ2v) is 5.82. The lowest BCUT2D eigenvalue weighted by atomic mass is 10.2. The van der Waals surface area contributed by atoms with Gasteiger partial charge in [0.1, 0.15) is 0 Å². The van der Waals surface area contributed by atoms with Gasteiger partial charge in [0.05, 0.1) is 11.0 Å². The molecule has 92 valence electrons. The molecule has 0 aliphatic rings. The average Bonchev–Trinajstić information content (AvgIpc) is 2.61. The van der Waals surface area contributed by atoms with Crippen LogP contribution in [0.1, 0.15) is 19.4 Å². The molecule has 0 fully saturated rings. The SMILES string of the molecule is CCC(CSC)n1c(N)nc2cc(Br)ccc21. The van der Waals surface area contributed by atoms with Crippen molar-refractivity contribution in [2.75, 3.05) is 17.7 Å². The fourth-order valence-electron chi connectivity index (χ4n) is 2.04. The average molecular weight is 314 g/mol. The van der Waals surface area contributed by atoms with Crippen molar-refractivity contribution in [2.45, 2.75) is 19.4 Å². The predicted octanol–water partition coefficient (Wildman–Crippen LogP) is 3.70.